The second kappa shape index (κ2) is 5.66. The van der Waals surface area contributed by atoms with E-state index in [0.29, 0.717) is 0 Å². The standard InChI is InChI=1S/C17H19N3O/c1-11(17-12(2)20-21-13(17)3)18-10-15-9-8-14-6-4-5-7-16(14)19-15/h4-9,11,18H,10H2,1-3H3. The van der Waals surface area contributed by atoms with Crippen molar-refractivity contribution < 1.29 is 4.52 Å². The Morgan fingerprint density at radius 2 is 1.95 bits per heavy atom. The summed E-state index contributed by atoms with van der Waals surface area (Å²) in [6.07, 6.45) is 0. The third kappa shape index (κ3) is 2.81. The van der Waals surface area contributed by atoms with Crippen LogP contribution < -0.4 is 5.32 Å². The van der Waals surface area contributed by atoms with E-state index in [4.69, 9.17) is 4.52 Å². The summed E-state index contributed by atoms with van der Waals surface area (Å²) < 4.78 is 5.22. The second-order valence-corrected chi connectivity index (χ2v) is 5.34. The number of rotatable bonds is 4. The molecule has 0 aliphatic rings. The molecule has 0 radical (unpaired) electrons. The molecule has 1 unspecified atom stereocenters. The highest BCUT2D eigenvalue weighted by molar-refractivity contribution is 5.78. The van der Waals surface area contributed by atoms with Crippen LogP contribution in [0.3, 0.4) is 0 Å². The fraction of sp³-hybridized carbons (Fsp3) is 0.294. The Morgan fingerprint density at radius 1 is 1.14 bits per heavy atom. The van der Waals surface area contributed by atoms with E-state index in [-0.39, 0.29) is 6.04 Å². The molecule has 4 heteroatoms. The zero-order chi connectivity index (χ0) is 14.8. The molecule has 0 aliphatic heterocycles. The van der Waals surface area contributed by atoms with E-state index < -0.39 is 0 Å². The van der Waals surface area contributed by atoms with Crippen LogP contribution in [0.5, 0.6) is 0 Å². The normalized spacial score (nSPS) is 12.7. The molecule has 1 N–H and O–H groups in total. The van der Waals surface area contributed by atoms with Gasteiger partial charge in [-0.2, -0.15) is 0 Å². The highest BCUT2D eigenvalue weighted by Gasteiger charge is 2.15. The van der Waals surface area contributed by atoms with E-state index in [0.717, 1.165) is 34.8 Å². The summed E-state index contributed by atoms with van der Waals surface area (Å²) in [7, 11) is 0. The van der Waals surface area contributed by atoms with E-state index in [1.54, 1.807) is 0 Å². The van der Waals surface area contributed by atoms with Crippen molar-refractivity contribution >= 4 is 10.9 Å². The van der Waals surface area contributed by atoms with E-state index in [1.807, 2.05) is 32.0 Å². The number of nitrogens with one attached hydrogen (secondary N) is 1. The first-order valence-corrected chi connectivity index (χ1v) is 7.16. The molecule has 0 amide bonds. The molecule has 0 fully saturated rings. The van der Waals surface area contributed by atoms with Crippen molar-refractivity contribution in [3.63, 3.8) is 0 Å². The molecular weight excluding hydrogens is 262 g/mol. The fourth-order valence-corrected chi connectivity index (χ4v) is 2.67. The van der Waals surface area contributed by atoms with Gasteiger partial charge in [0.05, 0.1) is 16.9 Å². The van der Waals surface area contributed by atoms with Gasteiger partial charge in [-0.25, -0.2) is 0 Å². The van der Waals surface area contributed by atoms with Crippen LogP contribution in [0.15, 0.2) is 40.9 Å². The second-order valence-electron chi connectivity index (χ2n) is 5.34. The molecule has 108 valence electrons. The summed E-state index contributed by atoms with van der Waals surface area (Å²) in [5.74, 6) is 0.874. The molecule has 4 nitrogen and oxygen atoms in total. The molecular formula is C17H19N3O. The maximum Gasteiger partial charge on any atom is 0.138 e. The minimum atomic E-state index is 0.185. The smallest absolute Gasteiger partial charge is 0.138 e. The van der Waals surface area contributed by atoms with Crippen LogP contribution in [0.25, 0.3) is 10.9 Å². The Hall–Kier alpha value is -2.20. The fourth-order valence-electron chi connectivity index (χ4n) is 2.67. The topological polar surface area (TPSA) is 51.0 Å². The number of para-hydroxylation sites is 1. The summed E-state index contributed by atoms with van der Waals surface area (Å²) in [5, 5.41) is 8.65. The van der Waals surface area contributed by atoms with Crippen molar-refractivity contribution in [2.45, 2.75) is 33.4 Å². The Bertz CT molecular complexity index is 744. The first-order valence-electron chi connectivity index (χ1n) is 7.16. The molecule has 0 saturated carbocycles. The molecule has 0 bridgehead atoms. The van der Waals surface area contributed by atoms with Crippen molar-refractivity contribution in [2.75, 3.05) is 0 Å². The van der Waals surface area contributed by atoms with Crippen LogP contribution >= 0.6 is 0 Å². The van der Waals surface area contributed by atoms with Crippen molar-refractivity contribution in [3.8, 4) is 0 Å². The molecule has 0 spiro atoms. The lowest BCUT2D eigenvalue weighted by atomic mass is 10.1. The molecule has 21 heavy (non-hydrogen) atoms. The maximum atomic E-state index is 5.22. The number of nitrogens with zero attached hydrogens (tertiary/aromatic N) is 2. The summed E-state index contributed by atoms with van der Waals surface area (Å²) in [6.45, 7) is 6.75. The average Bonchev–Trinajstić information content (AvgIpc) is 2.84. The van der Waals surface area contributed by atoms with Gasteiger partial charge in [0.1, 0.15) is 5.76 Å². The quantitative estimate of drug-likeness (QED) is 0.792. The summed E-state index contributed by atoms with van der Waals surface area (Å²) in [4.78, 5) is 4.67. The zero-order valence-electron chi connectivity index (χ0n) is 12.6. The largest absolute Gasteiger partial charge is 0.361 e. The van der Waals surface area contributed by atoms with E-state index in [9.17, 15) is 0 Å². The average molecular weight is 281 g/mol. The third-order valence-corrected chi connectivity index (χ3v) is 3.77. The van der Waals surface area contributed by atoms with Gasteiger partial charge in [0.2, 0.25) is 0 Å². The van der Waals surface area contributed by atoms with Gasteiger partial charge in [0, 0.05) is 23.5 Å². The summed E-state index contributed by atoms with van der Waals surface area (Å²) in [5.41, 5.74) is 4.14. The Morgan fingerprint density at radius 3 is 2.71 bits per heavy atom. The summed E-state index contributed by atoms with van der Waals surface area (Å²) >= 11 is 0. The van der Waals surface area contributed by atoms with Gasteiger partial charge >= 0.3 is 0 Å². The zero-order valence-corrected chi connectivity index (χ0v) is 12.6. The van der Waals surface area contributed by atoms with Crippen molar-refractivity contribution in [1.29, 1.82) is 0 Å². The minimum absolute atomic E-state index is 0.185. The van der Waals surface area contributed by atoms with Gasteiger partial charge < -0.3 is 9.84 Å². The van der Waals surface area contributed by atoms with Crippen LogP contribution in [-0.4, -0.2) is 10.1 Å². The van der Waals surface area contributed by atoms with Gasteiger partial charge in [-0.05, 0) is 32.9 Å². The number of hydrogen-bond donors (Lipinski definition) is 1. The molecule has 2 heterocycles. The highest BCUT2D eigenvalue weighted by Crippen LogP contribution is 2.21. The maximum absolute atomic E-state index is 5.22. The molecule has 0 aliphatic carbocycles. The molecule has 2 aromatic heterocycles. The molecule has 3 rings (SSSR count). The summed E-state index contributed by atoms with van der Waals surface area (Å²) in [6, 6.07) is 12.5. The van der Waals surface area contributed by atoms with Crippen LogP contribution in [-0.2, 0) is 6.54 Å². The third-order valence-electron chi connectivity index (χ3n) is 3.77. The molecule has 3 aromatic rings. The van der Waals surface area contributed by atoms with Gasteiger partial charge in [0.15, 0.2) is 0 Å². The van der Waals surface area contributed by atoms with Gasteiger partial charge in [0.25, 0.3) is 0 Å². The van der Waals surface area contributed by atoms with Crippen LogP contribution in [0.2, 0.25) is 0 Å². The SMILES string of the molecule is Cc1noc(C)c1C(C)NCc1ccc2ccccc2n1. The molecule has 0 saturated heterocycles. The minimum Gasteiger partial charge on any atom is -0.361 e. The lowest BCUT2D eigenvalue weighted by molar-refractivity contribution is 0.390. The number of fused-ring (bicyclic) bond motifs is 1. The van der Waals surface area contributed by atoms with Crippen LogP contribution in [0.1, 0.15) is 35.7 Å². The highest BCUT2D eigenvalue weighted by atomic mass is 16.5. The number of hydrogen-bond acceptors (Lipinski definition) is 4. The Balaban J connectivity index is 1.74. The first kappa shape index (κ1) is 13.8. The van der Waals surface area contributed by atoms with Gasteiger partial charge in [-0.1, -0.05) is 29.4 Å². The van der Waals surface area contributed by atoms with E-state index in [2.05, 4.69) is 40.6 Å². The van der Waals surface area contributed by atoms with E-state index >= 15 is 0 Å². The number of aryl methyl sites for hydroxylation is 2. The molecule has 1 aromatic carbocycles. The molecule has 1 atom stereocenters. The predicted octanol–water partition coefficient (Wildman–Crippen LogP) is 3.69. The van der Waals surface area contributed by atoms with Crippen LogP contribution in [0, 0.1) is 13.8 Å². The van der Waals surface area contributed by atoms with Gasteiger partial charge in [-0.3, -0.25) is 4.98 Å². The Labute approximate surface area is 124 Å². The lowest BCUT2D eigenvalue weighted by Gasteiger charge is -2.13. The number of aromatic nitrogens is 2. The van der Waals surface area contributed by atoms with Crippen molar-refractivity contribution in [1.82, 2.24) is 15.5 Å². The first-order chi connectivity index (χ1) is 10.1. The van der Waals surface area contributed by atoms with Crippen molar-refractivity contribution in [3.05, 3.63) is 59.1 Å². The monoisotopic (exact) mass is 281 g/mol. The van der Waals surface area contributed by atoms with E-state index in [1.165, 1.54) is 5.39 Å². The predicted molar refractivity (Wildman–Crippen MR) is 83.0 cm³/mol. The lowest BCUT2D eigenvalue weighted by Crippen LogP contribution is -2.19. The van der Waals surface area contributed by atoms with Gasteiger partial charge in [-0.15, -0.1) is 0 Å². The van der Waals surface area contributed by atoms with Crippen LogP contribution in [0.4, 0.5) is 0 Å². The Kier molecular flexibility index (Phi) is 3.71. The number of pyridine rings is 1. The van der Waals surface area contributed by atoms with Crippen molar-refractivity contribution in [2.24, 2.45) is 0 Å². The number of benzene rings is 1.